The van der Waals surface area contributed by atoms with E-state index in [9.17, 15) is 10.1 Å². The minimum atomic E-state index is -0.120. The Hall–Kier alpha value is -4.98. The van der Waals surface area contributed by atoms with Crippen molar-refractivity contribution < 1.29 is 14.3 Å². The van der Waals surface area contributed by atoms with Gasteiger partial charge in [-0.2, -0.15) is 5.26 Å². The maximum Gasteiger partial charge on any atom is 0.244 e. The van der Waals surface area contributed by atoms with E-state index in [1.165, 1.54) is 0 Å². The Morgan fingerprint density at radius 1 is 1.09 bits per heavy atom. The van der Waals surface area contributed by atoms with Crippen LogP contribution in [-0.2, 0) is 17.9 Å². The van der Waals surface area contributed by atoms with E-state index in [0.29, 0.717) is 40.7 Å². The topological polar surface area (TPSA) is 124 Å². The zero-order valence-electron chi connectivity index (χ0n) is 26.1. The Balaban J connectivity index is 1.26. The standard InChI is InChI=1S/C36H39N7O3/c1-43-15-11-30(12-16-43)46-33-19-32-31(18-27(33)21-40-34(44)17-25-9-13-38-14-10-25)36(28(20-37)22-39-32)42-29-7-8-35(41-23-29)45-24-26-5-3-2-4-6-26/h2-8,17-19,22-23,30,38H,9-16,21,24H2,1H3,(H,39,42)(H,40,44). The third-order valence-electron chi connectivity index (χ3n) is 8.40. The number of nitrogens with one attached hydrogen (secondary N) is 3. The van der Waals surface area contributed by atoms with Crippen molar-refractivity contribution in [3.8, 4) is 17.7 Å². The maximum absolute atomic E-state index is 12.9. The van der Waals surface area contributed by atoms with Gasteiger partial charge in [0.05, 0.1) is 28.7 Å². The van der Waals surface area contributed by atoms with E-state index in [0.717, 1.165) is 73.9 Å². The van der Waals surface area contributed by atoms with Gasteiger partial charge in [0.15, 0.2) is 0 Å². The molecule has 2 aliphatic rings. The average molecular weight is 618 g/mol. The molecule has 46 heavy (non-hydrogen) atoms. The highest BCUT2D eigenvalue weighted by atomic mass is 16.5. The van der Waals surface area contributed by atoms with Gasteiger partial charge in [-0.1, -0.05) is 35.9 Å². The maximum atomic E-state index is 12.9. The molecule has 2 aromatic carbocycles. The smallest absolute Gasteiger partial charge is 0.244 e. The molecule has 10 nitrogen and oxygen atoms in total. The van der Waals surface area contributed by atoms with Crippen molar-refractivity contribution in [1.29, 1.82) is 5.26 Å². The first-order valence-corrected chi connectivity index (χ1v) is 15.8. The number of fused-ring (bicyclic) bond motifs is 1. The van der Waals surface area contributed by atoms with Gasteiger partial charge in [-0.15, -0.1) is 0 Å². The molecule has 0 unspecified atom stereocenters. The molecule has 2 saturated heterocycles. The second-order valence-electron chi connectivity index (χ2n) is 11.8. The zero-order chi connectivity index (χ0) is 31.7. The van der Waals surface area contributed by atoms with Crippen LogP contribution in [0.5, 0.6) is 11.6 Å². The first kappa shape index (κ1) is 31.0. The molecule has 2 aliphatic heterocycles. The first-order chi connectivity index (χ1) is 22.5. The summed E-state index contributed by atoms with van der Waals surface area (Å²) < 4.78 is 12.4. The number of ether oxygens (including phenoxy) is 2. The average Bonchev–Trinajstić information content (AvgIpc) is 3.09. The quantitative estimate of drug-likeness (QED) is 0.205. The Morgan fingerprint density at radius 2 is 1.89 bits per heavy atom. The molecule has 0 atom stereocenters. The van der Waals surface area contributed by atoms with Crippen LogP contribution in [-0.4, -0.2) is 60.1 Å². The van der Waals surface area contributed by atoms with Crippen LogP contribution in [0.15, 0.2) is 78.6 Å². The normalized spacial score (nSPS) is 15.6. The van der Waals surface area contributed by atoms with Gasteiger partial charge < -0.3 is 30.3 Å². The van der Waals surface area contributed by atoms with E-state index in [2.05, 4.69) is 43.9 Å². The molecule has 2 fully saturated rings. The summed E-state index contributed by atoms with van der Waals surface area (Å²) >= 11 is 0. The van der Waals surface area contributed by atoms with E-state index in [1.807, 2.05) is 48.5 Å². The largest absolute Gasteiger partial charge is 0.490 e. The first-order valence-electron chi connectivity index (χ1n) is 15.8. The van der Waals surface area contributed by atoms with Crippen molar-refractivity contribution in [2.45, 2.75) is 44.9 Å². The van der Waals surface area contributed by atoms with Crippen LogP contribution in [0.4, 0.5) is 11.4 Å². The number of rotatable bonds is 10. The van der Waals surface area contributed by atoms with Crippen LogP contribution in [0.25, 0.3) is 10.9 Å². The number of anilines is 2. The molecule has 4 aromatic rings. The Labute approximate surface area is 269 Å². The van der Waals surface area contributed by atoms with Gasteiger partial charge >= 0.3 is 0 Å². The summed E-state index contributed by atoms with van der Waals surface area (Å²) in [6.45, 7) is 4.42. The summed E-state index contributed by atoms with van der Waals surface area (Å²) in [6.07, 6.45) is 8.65. The SMILES string of the molecule is CN1CCC(Oc2cc3ncc(C#N)c(Nc4ccc(OCc5ccccc5)nc4)c3cc2CNC(=O)C=C2CCNCC2)CC1. The molecule has 0 saturated carbocycles. The molecule has 10 heteroatoms. The lowest BCUT2D eigenvalue weighted by atomic mass is 10.0. The van der Waals surface area contributed by atoms with E-state index in [-0.39, 0.29) is 18.6 Å². The van der Waals surface area contributed by atoms with E-state index >= 15 is 0 Å². The lowest BCUT2D eigenvalue weighted by Crippen LogP contribution is -2.36. The van der Waals surface area contributed by atoms with Crippen LogP contribution in [0.1, 0.15) is 42.4 Å². The number of carbonyl (C=O) groups is 1. The molecule has 3 N–H and O–H groups in total. The predicted octanol–water partition coefficient (Wildman–Crippen LogP) is 5.22. The third-order valence-corrected chi connectivity index (χ3v) is 8.40. The van der Waals surface area contributed by atoms with E-state index in [1.54, 1.807) is 24.5 Å². The summed E-state index contributed by atoms with van der Waals surface area (Å²) in [5, 5.41) is 20.5. The molecule has 0 aliphatic carbocycles. The number of benzene rings is 2. The number of hydrogen-bond donors (Lipinski definition) is 3. The highest BCUT2D eigenvalue weighted by Crippen LogP contribution is 2.34. The van der Waals surface area contributed by atoms with Gasteiger partial charge in [-0.05, 0) is 63.5 Å². The molecule has 0 bridgehead atoms. The highest BCUT2D eigenvalue weighted by molar-refractivity contribution is 5.97. The summed E-state index contributed by atoms with van der Waals surface area (Å²) in [5.41, 5.74) is 5.43. The fourth-order valence-corrected chi connectivity index (χ4v) is 5.74. The molecule has 236 valence electrons. The lowest BCUT2D eigenvalue weighted by molar-refractivity contribution is -0.116. The fourth-order valence-electron chi connectivity index (χ4n) is 5.74. The summed E-state index contributed by atoms with van der Waals surface area (Å²) in [4.78, 5) is 24.3. The minimum Gasteiger partial charge on any atom is -0.490 e. The molecule has 6 rings (SSSR count). The monoisotopic (exact) mass is 617 g/mol. The second-order valence-corrected chi connectivity index (χ2v) is 11.8. The van der Waals surface area contributed by atoms with Crippen LogP contribution in [0, 0.1) is 11.3 Å². The minimum absolute atomic E-state index is 0.0737. The Morgan fingerprint density at radius 3 is 2.63 bits per heavy atom. The van der Waals surface area contributed by atoms with Gasteiger partial charge in [-0.3, -0.25) is 9.78 Å². The van der Waals surface area contributed by atoms with Crippen LogP contribution >= 0.6 is 0 Å². The molecule has 2 aromatic heterocycles. The van der Waals surface area contributed by atoms with E-state index in [4.69, 9.17) is 9.47 Å². The molecule has 1 amide bonds. The van der Waals surface area contributed by atoms with Crippen LogP contribution < -0.4 is 25.4 Å². The van der Waals surface area contributed by atoms with Crippen molar-refractivity contribution in [1.82, 2.24) is 25.5 Å². The summed E-state index contributed by atoms with van der Waals surface area (Å²) in [5.74, 6) is 1.08. The Kier molecular flexibility index (Phi) is 10.0. The zero-order valence-corrected chi connectivity index (χ0v) is 26.1. The molecule has 4 heterocycles. The van der Waals surface area contributed by atoms with Gasteiger partial charge in [0.25, 0.3) is 0 Å². The molecular formula is C36H39N7O3. The molecular weight excluding hydrogens is 578 g/mol. The number of nitriles is 1. The number of carbonyl (C=O) groups excluding carboxylic acids is 1. The Bertz CT molecular complexity index is 1720. The highest BCUT2D eigenvalue weighted by Gasteiger charge is 2.21. The number of likely N-dealkylation sites (tertiary alicyclic amines) is 1. The van der Waals surface area contributed by atoms with Gasteiger partial charge in [0.2, 0.25) is 11.8 Å². The number of pyridine rings is 2. The van der Waals surface area contributed by atoms with Crippen molar-refractivity contribution >= 4 is 28.2 Å². The van der Waals surface area contributed by atoms with Gasteiger partial charge in [0.1, 0.15) is 24.5 Å². The molecule has 0 radical (unpaired) electrons. The fraction of sp³-hybridized carbons (Fsp3) is 0.333. The van der Waals surface area contributed by atoms with Gasteiger partial charge in [0, 0.05) is 55.0 Å². The van der Waals surface area contributed by atoms with Crippen molar-refractivity contribution in [3.63, 3.8) is 0 Å². The van der Waals surface area contributed by atoms with Crippen LogP contribution in [0.3, 0.4) is 0 Å². The number of hydrogen-bond acceptors (Lipinski definition) is 9. The van der Waals surface area contributed by atoms with Crippen LogP contribution in [0.2, 0.25) is 0 Å². The lowest BCUT2D eigenvalue weighted by Gasteiger charge is -2.30. The van der Waals surface area contributed by atoms with E-state index < -0.39 is 0 Å². The van der Waals surface area contributed by atoms with Gasteiger partial charge in [-0.25, -0.2) is 4.98 Å². The number of nitrogens with zero attached hydrogens (tertiary/aromatic N) is 4. The summed E-state index contributed by atoms with van der Waals surface area (Å²) in [7, 11) is 2.12. The predicted molar refractivity (Wildman–Crippen MR) is 178 cm³/mol. The van der Waals surface area contributed by atoms with Crippen molar-refractivity contribution in [2.75, 3.05) is 38.5 Å². The molecule has 0 spiro atoms. The van der Waals surface area contributed by atoms with Crippen molar-refractivity contribution in [2.24, 2.45) is 0 Å². The summed E-state index contributed by atoms with van der Waals surface area (Å²) in [6, 6.07) is 19.8. The number of aromatic nitrogens is 2. The third kappa shape index (κ3) is 7.99. The number of amides is 1. The second kappa shape index (κ2) is 14.9. The van der Waals surface area contributed by atoms with Crippen molar-refractivity contribution in [3.05, 3.63) is 95.3 Å². The number of piperidine rings is 2.